The number of imide groups is 1. The first-order valence-electron chi connectivity index (χ1n) is 4.83. The molecular formula is C10H11NO4. The normalized spacial score (nSPS) is 23.1. The van der Waals surface area contributed by atoms with Crippen LogP contribution in [0, 0.1) is 0 Å². The summed E-state index contributed by atoms with van der Waals surface area (Å²) in [6.07, 6.45) is 4.31. The van der Waals surface area contributed by atoms with Gasteiger partial charge in [-0.3, -0.25) is 19.3 Å². The van der Waals surface area contributed by atoms with Gasteiger partial charge >= 0.3 is 5.97 Å². The first-order chi connectivity index (χ1) is 7.05. The maximum atomic E-state index is 11.4. The van der Waals surface area contributed by atoms with E-state index in [1.54, 1.807) is 0 Å². The van der Waals surface area contributed by atoms with Crippen molar-refractivity contribution in [1.29, 1.82) is 0 Å². The van der Waals surface area contributed by atoms with Crippen LogP contribution in [0.4, 0.5) is 0 Å². The molecule has 0 saturated heterocycles. The Morgan fingerprint density at radius 3 is 2.20 bits per heavy atom. The second-order valence-corrected chi connectivity index (χ2v) is 3.99. The molecule has 1 saturated carbocycles. The van der Waals surface area contributed by atoms with Crippen LogP contribution in [0.1, 0.15) is 25.7 Å². The van der Waals surface area contributed by atoms with E-state index in [1.165, 1.54) is 12.2 Å². The van der Waals surface area contributed by atoms with Crippen molar-refractivity contribution in [2.75, 3.05) is 0 Å². The molecule has 0 aromatic rings. The molecule has 0 radical (unpaired) electrons. The number of aliphatic carboxylic acids is 1. The summed E-state index contributed by atoms with van der Waals surface area (Å²) >= 11 is 0. The van der Waals surface area contributed by atoms with Gasteiger partial charge in [-0.1, -0.05) is 0 Å². The largest absolute Gasteiger partial charge is 0.481 e. The third-order valence-corrected chi connectivity index (χ3v) is 3.05. The van der Waals surface area contributed by atoms with Crippen LogP contribution in [0.5, 0.6) is 0 Å². The number of amides is 2. The van der Waals surface area contributed by atoms with Gasteiger partial charge in [-0.2, -0.15) is 0 Å². The minimum atomic E-state index is -0.970. The fourth-order valence-corrected chi connectivity index (χ4v) is 2.21. The van der Waals surface area contributed by atoms with Crippen molar-refractivity contribution in [2.24, 2.45) is 0 Å². The van der Waals surface area contributed by atoms with Gasteiger partial charge in [0.25, 0.3) is 11.8 Å². The fraction of sp³-hybridized carbons (Fsp3) is 0.500. The molecule has 2 amide bonds. The molecule has 15 heavy (non-hydrogen) atoms. The topological polar surface area (TPSA) is 74.7 Å². The molecule has 80 valence electrons. The summed E-state index contributed by atoms with van der Waals surface area (Å²) in [6.45, 7) is 0. The molecule has 0 aromatic carbocycles. The van der Waals surface area contributed by atoms with Crippen molar-refractivity contribution in [3.63, 3.8) is 0 Å². The summed E-state index contributed by atoms with van der Waals surface area (Å²) in [6, 6.07) is 0. The minimum absolute atomic E-state index is 0.147. The number of rotatable bonds is 3. The van der Waals surface area contributed by atoms with Gasteiger partial charge in [0.2, 0.25) is 0 Å². The molecule has 1 aliphatic carbocycles. The van der Waals surface area contributed by atoms with Gasteiger partial charge in [-0.15, -0.1) is 0 Å². The van der Waals surface area contributed by atoms with E-state index in [0.717, 1.165) is 11.3 Å². The third kappa shape index (κ3) is 1.44. The van der Waals surface area contributed by atoms with Gasteiger partial charge in [0.15, 0.2) is 0 Å². The summed E-state index contributed by atoms with van der Waals surface area (Å²) in [4.78, 5) is 34.7. The van der Waals surface area contributed by atoms with Gasteiger partial charge in [-0.25, -0.2) is 0 Å². The Kier molecular flexibility index (Phi) is 2.10. The molecule has 0 unspecified atom stereocenters. The average Bonchev–Trinajstić information content (AvgIpc) is 2.40. The van der Waals surface area contributed by atoms with Crippen LogP contribution in [0.25, 0.3) is 0 Å². The molecule has 1 N–H and O–H groups in total. The molecule has 0 bridgehead atoms. The number of hydrogen-bond acceptors (Lipinski definition) is 3. The third-order valence-electron chi connectivity index (χ3n) is 3.05. The minimum Gasteiger partial charge on any atom is -0.481 e. The van der Waals surface area contributed by atoms with Crippen molar-refractivity contribution >= 4 is 17.8 Å². The molecule has 1 fully saturated rings. The molecule has 0 spiro atoms. The maximum absolute atomic E-state index is 11.4. The lowest BCUT2D eigenvalue weighted by Gasteiger charge is -2.46. The zero-order valence-electron chi connectivity index (χ0n) is 8.10. The highest BCUT2D eigenvalue weighted by Crippen LogP contribution is 2.42. The number of carbonyl (C=O) groups excluding carboxylic acids is 2. The second kappa shape index (κ2) is 3.18. The lowest BCUT2D eigenvalue weighted by molar-refractivity contribution is -0.153. The van der Waals surface area contributed by atoms with E-state index in [2.05, 4.69) is 0 Å². The van der Waals surface area contributed by atoms with Gasteiger partial charge in [0.05, 0.1) is 12.0 Å². The van der Waals surface area contributed by atoms with Crippen molar-refractivity contribution in [3.05, 3.63) is 12.2 Å². The van der Waals surface area contributed by atoms with Crippen molar-refractivity contribution in [3.8, 4) is 0 Å². The van der Waals surface area contributed by atoms with Crippen LogP contribution in [-0.4, -0.2) is 33.3 Å². The summed E-state index contributed by atoms with van der Waals surface area (Å²) in [7, 11) is 0. The van der Waals surface area contributed by atoms with E-state index < -0.39 is 11.5 Å². The van der Waals surface area contributed by atoms with Gasteiger partial charge in [0, 0.05) is 12.2 Å². The Labute approximate surface area is 86.4 Å². The van der Waals surface area contributed by atoms with Crippen LogP contribution in [0.15, 0.2) is 12.2 Å². The molecule has 2 rings (SSSR count). The Bertz CT molecular complexity index is 350. The summed E-state index contributed by atoms with van der Waals surface area (Å²) in [5, 5.41) is 8.78. The Morgan fingerprint density at radius 2 is 1.87 bits per heavy atom. The molecular weight excluding hydrogens is 198 g/mol. The summed E-state index contributed by atoms with van der Waals surface area (Å²) in [5.74, 6) is -1.75. The zero-order valence-corrected chi connectivity index (χ0v) is 8.10. The van der Waals surface area contributed by atoms with Gasteiger partial charge in [0.1, 0.15) is 0 Å². The Balaban J connectivity index is 2.23. The van der Waals surface area contributed by atoms with Crippen LogP contribution in [0.2, 0.25) is 0 Å². The smallest absolute Gasteiger partial charge is 0.305 e. The Hall–Kier alpha value is -1.65. The lowest BCUT2D eigenvalue weighted by atomic mass is 9.73. The standard InChI is InChI=1S/C10H11NO4/c12-7-2-3-8(13)11(7)10(4-1-5-10)6-9(14)15/h2-3H,1,4-6H2,(H,14,15). The number of carboxylic acid groups (broad SMARTS) is 1. The molecule has 0 atom stereocenters. The first-order valence-corrected chi connectivity index (χ1v) is 4.83. The van der Waals surface area contributed by atoms with Crippen molar-refractivity contribution in [1.82, 2.24) is 4.90 Å². The van der Waals surface area contributed by atoms with Crippen molar-refractivity contribution < 1.29 is 19.5 Å². The summed E-state index contributed by atoms with van der Waals surface area (Å²) < 4.78 is 0. The average molecular weight is 209 g/mol. The molecule has 1 heterocycles. The molecule has 0 aromatic heterocycles. The second-order valence-electron chi connectivity index (χ2n) is 3.99. The number of carbonyl (C=O) groups is 3. The van der Waals surface area contributed by atoms with E-state index in [9.17, 15) is 14.4 Å². The van der Waals surface area contributed by atoms with E-state index in [0.29, 0.717) is 12.8 Å². The Morgan fingerprint density at radius 1 is 1.33 bits per heavy atom. The van der Waals surface area contributed by atoms with E-state index in [4.69, 9.17) is 5.11 Å². The van der Waals surface area contributed by atoms with Crippen LogP contribution < -0.4 is 0 Å². The van der Waals surface area contributed by atoms with E-state index >= 15 is 0 Å². The molecule has 2 aliphatic rings. The monoisotopic (exact) mass is 209 g/mol. The van der Waals surface area contributed by atoms with Crippen LogP contribution in [-0.2, 0) is 14.4 Å². The molecule has 5 nitrogen and oxygen atoms in total. The number of hydrogen-bond donors (Lipinski definition) is 1. The predicted octanol–water partition coefficient (Wildman–Crippen LogP) is 0.309. The molecule has 1 aliphatic heterocycles. The van der Waals surface area contributed by atoms with Crippen molar-refractivity contribution in [2.45, 2.75) is 31.2 Å². The highest BCUT2D eigenvalue weighted by molar-refractivity contribution is 6.13. The van der Waals surface area contributed by atoms with Gasteiger partial charge in [-0.05, 0) is 19.3 Å². The summed E-state index contributed by atoms with van der Waals surface area (Å²) in [5.41, 5.74) is -0.760. The lowest BCUT2D eigenvalue weighted by Crippen LogP contribution is -2.57. The number of nitrogens with zero attached hydrogens (tertiary/aromatic N) is 1. The maximum Gasteiger partial charge on any atom is 0.305 e. The van der Waals surface area contributed by atoms with Crippen LogP contribution in [0.3, 0.4) is 0 Å². The zero-order chi connectivity index (χ0) is 11.1. The number of carboxylic acids is 1. The highest BCUT2D eigenvalue weighted by atomic mass is 16.4. The quantitative estimate of drug-likeness (QED) is 0.679. The highest BCUT2D eigenvalue weighted by Gasteiger charge is 2.49. The van der Waals surface area contributed by atoms with E-state index in [1.807, 2.05) is 0 Å². The van der Waals surface area contributed by atoms with Gasteiger partial charge < -0.3 is 5.11 Å². The predicted molar refractivity (Wildman–Crippen MR) is 49.8 cm³/mol. The van der Waals surface area contributed by atoms with Crippen LogP contribution >= 0.6 is 0 Å². The molecule has 5 heteroatoms. The van der Waals surface area contributed by atoms with E-state index in [-0.39, 0.29) is 18.2 Å². The SMILES string of the molecule is O=C(O)CC1(N2C(=O)C=CC2=O)CCC1. The first kappa shape index (κ1) is 9.89. The fourth-order valence-electron chi connectivity index (χ4n) is 2.21.